The molecular formula is C37H13BF20N2. The van der Waals surface area contributed by atoms with Crippen molar-refractivity contribution in [3.05, 3.63) is 183 Å². The van der Waals surface area contributed by atoms with Crippen molar-refractivity contribution in [2.75, 3.05) is 0 Å². The van der Waals surface area contributed by atoms with E-state index in [1.165, 1.54) is 5.56 Å². The highest BCUT2D eigenvalue weighted by atomic mass is 19.2. The summed E-state index contributed by atoms with van der Waals surface area (Å²) in [5.74, 6) is -71.4. The van der Waals surface area contributed by atoms with Crippen LogP contribution in [-0.2, 0) is 6.54 Å². The molecule has 0 aliphatic heterocycles. The fourth-order valence-corrected chi connectivity index (χ4v) is 6.32. The molecule has 0 bridgehead atoms. The molecule has 23 heteroatoms. The van der Waals surface area contributed by atoms with Gasteiger partial charge in [0.2, 0.25) is 0 Å². The molecule has 1 heterocycles. The first-order valence-corrected chi connectivity index (χ1v) is 15.8. The standard InChI is InChI=1S/C24BF20.C13H13N2/c26-5-1(6(27)14(35)21(42)13(5)34)25(2-7(28)15(36)22(43)16(37)8(2)29,3-9(30)17(38)23(44)18(39)10(3)31)4-11(32)19(40)24(45)20(41)12(4)33;1-2-13-11-15(9-8-14-13)10-12-6-4-3-5-7-12/h;2-9,11H,1,10H2/q-1;+1. The number of hydrogen-bond acceptors (Lipinski definition) is 1. The molecule has 0 fully saturated rings. The molecule has 314 valence electrons. The average Bonchev–Trinajstić information content (AvgIpc) is 3.24. The maximum Gasteiger partial charge on any atom is 0.200 e. The van der Waals surface area contributed by atoms with E-state index in [1.54, 1.807) is 12.3 Å². The van der Waals surface area contributed by atoms with Crippen LogP contribution in [0.2, 0.25) is 0 Å². The van der Waals surface area contributed by atoms with Crippen molar-refractivity contribution < 1.29 is 92.4 Å². The molecule has 6 rings (SSSR count). The van der Waals surface area contributed by atoms with Crippen molar-refractivity contribution >= 4 is 34.1 Å². The van der Waals surface area contributed by atoms with Crippen LogP contribution < -0.4 is 26.4 Å². The first-order chi connectivity index (χ1) is 28.1. The van der Waals surface area contributed by atoms with E-state index in [0.29, 0.717) is 0 Å². The van der Waals surface area contributed by atoms with Gasteiger partial charge in [0.1, 0.15) is 58.4 Å². The Morgan fingerprint density at radius 1 is 0.417 bits per heavy atom. The van der Waals surface area contributed by atoms with Crippen molar-refractivity contribution in [3.63, 3.8) is 0 Å². The number of nitrogens with zero attached hydrogens (tertiary/aromatic N) is 2. The van der Waals surface area contributed by atoms with Crippen LogP contribution in [0.25, 0.3) is 6.08 Å². The Morgan fingerprint density at radius 3 is 0.950 bits per heavy atom. The van der Waals surface area contributed by atoms with E-state index < -0.39 is 144 Å². The smallest absolute Gasteiger partial charge is 0.200 e. The van der Waals surface area contributed by atoms with Crippen LogP contribution in [0.5, 0.6) is 0 Å². The van der Waals surface area contributed by atoms with Gasteiger partial charge in [-0.2, -0.15) is 4.57 Å². The number of benzene rings is 5. The lowest BCUT2D eigenvalue weighted by Gasteiger charge is -2.44. The Bertz CT molecular complexity index is 2330. The lowest BCUT2D eigenvalue weighted by Crippen LogP contribution is -2.81. The monoisotopic (exact) mass is 876 g/mol. The summed E-state index contributed by atoms with van der Waals surface area (Å²) in [7, 11) is 0. The summed E-state index contributed by atoms with van der Waals surface area (Å²) in [5, 5.41) is 0. The van der Waals surface area contributed by atoms with Gasteiger partial charge in [-0.05, 0) is 6.08 Å². The second-order valence-corrected chi connectivity index (χ2v) is 12.1. The van der Waals surface area contributed by atoms with Gasteiger partial charge in [0, 0.05) is 5.56 Å². The van der Waals surface area contributed by atoms with Gasteiger partial charge < -0.3 is 0 Å². The van der Waals surface area contributed by atoms with Crippen LogP contribution in [0.3, 0.4) is 0 Å². The molecule has 0 saturated carbocycles. The molecule has 1 aromatic heterocycles. The van der Waals surface area contributed by atoms with Crippen LogP contribution in [-0.4, -0.2) is 11.1 Å². The minimum atomic E-state index is -7.22. The fourth-order valence-electron chi connectivity index (χ4n) is 6.32. The summed E-state index contributed by atoms with van der Waals surface area (Å²) in [6.07, 6.45) is 0.271. The topological polar surface area (TPSA) is 16.8 Å². The molecular weight excluding hydrogens is 863 g/mol. The first kappa shape index (κ1) is 44.7. The number of aromatic nitrogens is 2. The van der Waals surface area contributed by atoms with Gasteiger partial charge in [0.05, 0.1) is 6.20 Å². The lowest BCUT2D eigenvalue weighted by molar-refractivity contribution is -0.689. The van der Waals surface area contributed by atoms with Gasteiger partial charge in [-0.3, -0.25) is 0 Å². The van der Waals surface area contributed by atoms with Gasteiger partial charge in [0.25, 0.3) is 0 Å². The Balaban J connectivity index is 0.000000379. The van der Waals surface area contributed by atoms with Gasteiger partial charge in [-0.25, -0.2) is 92.8 Å². The summed E-state index contributed by atoms with van der Waals surface area (Å²) in [5.41, 5.74) is -12.2. The Morgan fingerprint density at radius 2 is 0.683 bits per heavy atom. The van der Waals surface area contributed by atoms with Gasteiger partial charge >= 0.3 is 0 Å². The lowest BCUT2D eigenvalue weighted by atomic mass is 9.12. The molecule has 6 aromatic rings. The highest BCUT2D eigenvalue weighted by Gasteiger charge is 2.52. The zero-order valence-corrected chi connectivity index (χ0v) is 28.6. The van der Waals surface area contributed by atoms with Gasteiger partial charge in [0.15, 0.2) is 88.7 Å². The second kappa shape index (κ2) is 16.7. The van der Waals surface area contributed by atoms with Crippen molar-refractivity contribution in [1.82, 2.24) is 4.98 Å². The maximum absolute atomic E-state index is 15.4. The van der Waals surface area contributed by atoms with Crippen LogP contribution >= 0.6 is 0 Å². The highest BCUT2D eigenvalue weighted by Crippen LogP contribution is 2.30. The molecule has 0 N–H and O–H groups in total. The number of hydrogen-bond donors (Lipinski definition) is 0. The van der Waals surface area contributed by atoms with E-state index in [-0.39, 0.29) is 0 Å². The average molecular weight is 876 g/mol. The summed E-state index contributed by atoms with van der Waals surface area (Å²) >= 11 is 0. The third-order valence-corrected chi connectivity index (χ3v) is 8.90. The van der Waals surface area contributed by atoms with E-state index >= 15 is 35.1 Å². The van der Waals surface area contributed by atoms with Crippen LogP contribution in [0.15, 0.2) is 55.5 Å². The van der Waals surface area contributed by atoms with Crippen LogP contribution in [0.1, 0.15) is 11.3 Å². The van der Waals surface area contributed by atoms with Crippen molar-refractivity contribution in [2.24, 2.45) is 0 Å². The molecule has 0 radical (unpaired) electrons. The molecule has 0 unspecified atom stereocenters. The molecule has 60 heavy (non-hydrogen) atoms. The maximum atomic E-state index is 15.4. The fraction of sp³-hybridized carbons (Fsp3) is 0.0270. The summed E-state index contributed by atoms with van der Waals surface area (Å²) in [6.45, 7) is 4.57. The summed E-state index contributed by atoms with van der Waals surface area (Å²) < 4.78 is 296. The Labute approximate surface area is 321 Å². The molecule has 0 aliphatic rings. The van der Waals surface area contributed by atoms with E-state index in [4.69, 9.17) is 0 Å². The largest absolute Gasteiger partial charge is 0.244 e. The number of halogens is 20. The van der Waals surface area contributed by atoms with E-state index in [9.17, 15) is 52.7 Å². The van der Waals surface area contributed by atoms with E-state index in [1.807, 2.05) is 30.6 Å². The third-order valence-electron chi connectivity index (χ3n) is 8.90. The van der Waals surface area contributed by atoms with Crippen molar-refractivity contribution in [2.45, 2.75) is 6.54 Å². The number of rotatable bonds is 7. The van der Waals surface area contributed by atoms with Crippen molar-refractivity contribution in [1.29, 1.82) is 0 Å². The summed E-state index contributed by atoms with van der Waals surface area (Å²) in [4.78, 5) is 4.16. The van der Waals surface area contributed by atoms with Crippen LogP contribution in [0, 0.1) is 116 Å². The Kier molecular flexibility index (Phi) is 12.4. The first-order valence-electron chi connectivity index (χ1n) is 15.8. The zero-order valence-electron chi connectivity index (χ0n) is 28.6. The van der Waals surface area contributed by atoms with E-state index in [0.717, 1.165) is 12.2 Å². The zero-order chi connectivity index (χ0) is 44.9. The van der Waals surface area contributed by atoms with E-state index in [2.05, 4.69) is 28.3 Å². The molecule has 5 aromatic carbocycles. The normalized spacial score (nSPS) is 11.5. The summed E-state index contributed by atoms with van der Waals surface area (Å²) in [6, 6.07) is 10.3. The minimum Gasteiger partial charge on any atom is -0.244 e. The quantitative estimate of drug-likeness (QED) is 0.0525. The SMILES string of the molecule is C=Cc1c[n+](Cc2ccccc2)ccn1.Fc1c(F)c(F)c([B-](c2c(F)c(F)c(F)c(F)c2F)(c2c(F)c(F)c(F)c(F)c2F)c2c(F)c(F)c(F)c(F)c2F)c(F)c1F. The molecule has 0 spiro atoms. The molecule has 0 aliphatic carbocycles. The molecule has 0 atom stereocenters. The molecule has 2 nitrogen and oxygen atoms in total. The van der Waals surface area contributed by atoms with Crippen molar-refractivity contribution in [3.8, 4) is 0 Å². The van der Waals surface area contributed by atoms with Crippen LogP contribution in [0.4, 0.5) is 87.8 Å². The Hall–Kier alpha value is -6.42. The molecule has 0 saturated heterocycles. The predicted octanol–water partition coefficient (Wildman–Crippen LogP) is 7.91. The molecule has 0 amide bonds. The second-order valence-electron chi connectivity index (χ2n) is 12.1. The predicted molar refractivity (Wildman–Crippen MR) is 169 cm³/mol. The third kappa shape index (κ3) is 6.97. The van der Waals surface area contributed by atoms with Gasteiger partial charge in [-0.1, -0.05) is 36.9 Å². The minimum absolute atomic E-state index is 0.865. The van der Waals surface area contributed by atoms with Gasteiger partial charge in [-0.15, -0.1) is 21.9 Å². The highest BCUT2D eigenvalue weighted by molar-refractivity contribution is 7.20.